The van der Waals surface area contributed by atoms with E-state index in [-0.39, 0.29) is 0 Å². The zero-order chi connectivity index (χ0) is 15.0. The molecule has 21 heavy (non-hydrogen) atoms. The number of hydrogen-bond acceptors (Lipinski definition) is 4. The number of anilines is 1. The van der Waals surface area contributed by atoms with Crippen molar-refractivity contribution in [2.75, 3.05) is 12.3 Å². The number of primary amides is 1. The van der Waals surface area contributed by atoms with Gasteiger partial charge in [-0.25, -0.2) is 0 Å². The largest absolute Gasteiger partial charge is 0.398 e. The first kappa shape index (κ1) is 14.1. The molecular weight excluding hydrogens is 282 g/mol. The topological polar surface area (TPSA) is 72.3 Å². The average molecular weight is 301 g/mol. The van der Waals surface area contributed by atoms with Gasteiger partial charge in [0.25, 0.3) is 0 Å². The highest BCUT2D eigenvalue weighted by molar-refractivity contribution is 7.10. The maximum absolute atomic E-state index is 11.2. The molecule has 1 atom stereocenters. The number of nitrogens with two attached hydrogens (primary N) is 2. The molecule has 0 saturated heterocycles. The fraction of sp³-hybridized carbons (Fsp3) is 0.312. The number of amides is 1. The Morgan fingerprint density at radius 2 is 2.24 bits per heavy atom. The maximum atomic E-state index is 11.2. The van der Waals surface area contributed by atoms with E-state index < -0.39 is 5.91 Å². The second-order valence-electron chi connectivity index (χ2n) is 5.47. The van der Waals surface area contributed by atoms with Crippen LogP contribution in [0.3, 0.4) is 0 Å². The van der Waals surface area contributed by atoms with Crippen molar-refractivity contribution in [3.05, 3.63) is 51.2 Å². The molecule has 4 nitrogen and oxygen atoms in total. The maximum Gasteiger partial charge on any atom is 0.248 e. The van der Waals surface area contributed by atoms with Crippen LogP contribution >= 0.6 is 11.3 Å². The van der Waals surface area contributed by atoms with Crippen molar-refractivity contribution < 1.29 is 4.79 Å². The van der Waals surface area contributed by atoms with Crippen molar-refractivity contribution in [1.29, 1.82) is 0 Å². The summed E-state index contributed by atoms with van der Waals surface area (Å²) in [6.07, 6.45) is 1.09. The van der Waals surface area contributed by atoms with Crippen molar-refractivity contribution in [1.82, 2.24) is 4.90 Å². The first-order chi connectivity index (χ1) is 10.1. The molecule has 0 aliphatic carbocycles. The molecule has 1 aromatic carbocycles. The summed E-state index contributed by atoms with van der Waals surface area (Å²) in [6, 6.07) is 7.94. The molecule has 1 aromatic heterocycles. The number of carbonyl (C=O) groups excluding carboxylic acids is 1. The Balaban J connectivity index is 1.80. The third kappa shape index (κ3) is 2.66. The van der Waals surface area contributed by atoms with Gasteiger partial charge in [-0.1, -0.05) is 6.07 Å². The first-order valence-corrected chi connectivity index (χ1v) is 7.92. The molecule has 1 aliphatic rings. The molecule has 110 valence electrons. The highest BCUT2D eigenvalue weighted by Crippen LogP contribution is 2.34. The fourth-order valence-electron chi connectivity index (χ4n) is 2.89. The van der Waals surface area contributed by atoms with E-state index in [2.05, 4.69) is 23.3 Å². The van der Waals surface area contributed by atoms with Gasteiger partial charge in [-0.3, -0.25) is 9.69 Å². The normalized spacial score (nSPS) is 18.4. The van der Waals surface area contributed by atoms with Crippen LogP contribution in [0.2, 0.25) is 0 Å². The summed E-state index contributed by atoms with van der Waals surface area (Å²) in [5.74, 6) is -0.442. The van der Waals surface area contributed by atoms with Crippen molar-refractivity contribution in [2.24, 2.45) is 5.73 Å². The number of hydrogen-bond donors (Lipinski definition) is 2. The predicted octanol–water partition coefficient (Wildman–Crippen LogP) is 2.55. The van der Waals surface area contributed by atoms with Gasteiger partial charge in [-0.05, 0) is 48.1 Å². The monoisotopic (exact) mass is 301 g/mol. The van der Waals surface area contributed by atoms with Crippen LogP contribution in [-0.2, 0) is 13.0 Å². The lowest BCUT2D eigenvalue weighted by Crippen LogP contribution is -2.32. The van der Waals surface area contributed by atoms with Crippen LogP contribution in [0.25, 0.3) is 0 Å². The van der Waals surface area contributed by atoms with Crippen LogP contribution < -0.4 is 11.5 Å². The second-order valence-corrected chi connectivity index (χ2v) is 6.47. The van der Waals surface area contributed by atoms with Gasteiger partial charge in [-0.15, -0.1) is 11.3 Å². The third-order valence-corrected chi connectivity index (χ3v) is 5.20. The van der Waals surface area contributed by atoms with Crippen molar-refractivity contribution in [3.8, 4) is 0 Å². The molecule has 1 amide bonds. The fourth-order valence-corrected chi connectivity index (χ4v) is 3.85. The Hall–Kier alpha value is -1.85. The van der Waals surface area contributed by atoms with Crippen LogP contribution in [0, 0.1) is 0 Å². The van der Waals surface area contributed by atoms with E-state index in [1.54, 1.807) is 12.1 Å². The highest BCUT2D eigenvalue weighted by atomic mass is 32.1. The number of nitrogens with zero attached hydrogens (tertiary/aromatic N) is 1. The van der Waals surface area contributed by atoms with E-state index in [1.807, 2.05) is 17.4 Å². The lowest BCUT2D eigenvalue weighted by atomic mass is 10.00. The Kier molecular flexibility index (Phi) is 3.69. The van der Waals surface area contributed by atoms with Gasteiger partial charge >= 0.3 is 0 Å². The van der Waals surface area contributed by atoms with E-state index in [0.29, 0.717) is 17.3 Å². The molecule has 2 aromatic rings. The van der Waals surface area contributed by atoms with Crippen LogP contribution in [0.5, 0.6) is 0 Å². The minimum atomic E-state index is -0.442. The van der Waals surface area contributed by atoms with Gasteiger partial charge in [0.05, 0.1) is 0 Å². The third-order valence-electron chi connectivity index (χ3n) is 4.21. The van der Waals surface area contributed by atoms with Gasteiger partial charge in [0, 0.05) is 35.3 Å². The molecule has 3 rings (SSSR count). The number of fused-ring (bicyclic) bond motifs is 1. The van der Waals surface area contributed by atoms with E-state index in [4.69, 9.17) is 11.5 Å². The van der Waals surface area contributed by atoms with Gasteiger partial charge in [0.15, 0.2) is 0 Å². The zero-order valence-electron chi connectivity index (χ0n) is 12.0. The van der Waals surface area contributed by atoms with Gasteiger partial charge in [-0.2, -0.15) is 0 Å². The SMILES string of the molecule is CC1c2ccsc2CCN1Cc1ccc(C(N)=O)cc1N. The molecule has 0 bridgehead atoms. The molecule has 0 saturated carbocycles. The smallest absolute Gasteiger partial charge is 0.248 e. The predicted molar refractivity (Wildman–Crippen MR) is 86.2 cm³/mol. The molecule has 0 fully saturated rings. The molecular formula is C16H19N3OS. The van der Waals surface area contributed by atoms with Gasteiger partial charge in [0.2, 0.25) is 5.91 Å². The Morgan fingerprint density at radius 3 is 2.95 bits per heavy atom. The lowest BCUT2D eigenvalue weighted by Gasteiger charge is -2.33. The summed E-state index contributed by atoms with van der Waals surface area (Å²) < 4.78 is 0. The lowest BCUT2D eigenvalue weighted by molar-refractivity contribution is 0.100. The molecule has 4 N–H and O–H groups in total. The van der Waals surface area contributed by atoms with Crippen molar-refractivity contribution >= 4 is 22.9 Å². The molecule has 5 heteroatoms. The summed E-state index contributed by atoms with van der Waals surface area (Å²) >= 11 is 1.84. The molecule has 1 aliphatic heterocycles. The standard InChI is InChI=1S/C16H19N3OS/c1-10-13-5-7-21-15(13)4-6-19(10)9-12-3-2-11(16(18)20)8-14(12)17/h2-3,5,7-8,10H,4,6,9,17H2,1H3,(H2,18,20). The molecule has 0 radical (unpaired) electrons. The Labute approximate surface area is 128 Å². The summed E-state index contributed by atoms with van der Waals surface area (Å²) in [5.41, 5.74) is 14.9. The first-order valence-electron chi connectivity index (χ1n) is 7.05. The van der Waals surface area contributed by atoms with Crippen LogP contribution in [0.4, 0.5) is 5.69 Å². The van der Waals surface area contributed by atoms with E-state index in [1.165, 1.54) is 10.4 Å². The zero-order valence-corrected chi connectivity index (χ0v) is 12.8. The summed E-state index contributed by atoms with van der Waals surface area (Å²) in [5, 5.41) is 2.17. The van der Waals surface area contributed by atoms with Gasteiger partial charge < -0.3 is 11.5 Å². The number of carbonyl (C=O) groups is 1. The van der Waals surface area contributed by atoms with E-state index in [0.717, 1.165) is 25.1 Å². The Bertz CT molecular complexity index is 680. The van der Waals surface area contributed by atoms with Crippen molar-refractivity contribution in [2.45, 2.75) is 25.9 Å². The highest BCUT2D eigenvalue weighted by Gasteiger charge is 2.25. The van der Waals surface area contributed by atoms with E-state index in [9.17, 15) is 4.79 Å². The molecule has 0 spiro atoms. The van der Waals surface area contributed by atoms with E-state index >= 15 is 0 Å². The quantitative estimate of drug-likeness (QED) is 0.856. The number of benzene rings is 1. The molecule has 2 heterocycles. The second kappa shape index (κ2) is 5.50. The Morgan fingerprint density at radius 1 is 1.43 bits per heavy atom. The van der Waals surface area contributed by atoms with Crippen LogP contribution in [-0.4, -0.2) is 17.4 Å². The minimum Gasteiger partial charge on any atom is -0.398 e. The van der Waals surface area contributed by atoms with Crippen molar-refractivity contribution in [3.63, 3.8) is 0 Å². The minimum absolute atomic E-state index is 0.398. The summed E-state index contributed by atoms with van der Waals surface area (Å²) in [6.45, 7) is 4.06. The number of rotatable bonds is 3. The average Bonchev–Trinajstić information content (AvgIpc) is 2.93. The van der Waals surface area contributed by atoms with Crippen LogP contribution in [0.1, 0.15) is 39.3 Å². The van der Waals surface area contributed by atoms with Gasteiger partial charge in [0.1, 0.15) is 0 Å². The van der Waals surface area contributed by atoms with Crippen LogP contribution in [0.15, 0.2) is 29.6 Å². The molecule has 1 unspecified atom stereocenters. The summed E-state index contributed by atoms with van der Waals surface area (Å²) in [7, 11) is 0. The number of nitrogen functional groups attached to an aromatic ring is 1. The summed E-state index contributed by atoms with van der Waals surface area (Å²) in [4.78, 5) is 15.1. The number of thiophene rings is 1.